The molecular formula is C31H42BrN3O+2. The maximum absolute atomic E-state index is 14.6. The van der Waals surface area contributed by atoms with Gasteiger partial charge in [0.25, 0.3) is 0 Å². The van der Waals surface area contributed by atoms with Crippen LogP contribution >= 0.6 is 15.9 Å². The molecule has 0 aromatic heterocycles. The predicted molar refractivity (Wildman–Crippen MR) is 147 cm³/mol. The summed E-state index contributed by atoms with van der Waals surface area (Å²) in [7, 11) is 0. The van der Waals surface area contributed by atoms with Gasteiger partial charge in [0, 0.05) is 28.2 Å². The molecule has 4 atom stereocenters. The average molecular weight is 553 g/mol. The van der Waals surface area contributed by atoms with Crippen LogP contribution in [0.1, 0.15) is 68.1 Å². The van der Waals surface area contributed by atoms with Crippen molar-refractivity contribution in [3.8, 4) is 0 Å². The van der Waals surface area contributed by atoms with Gasteiger partial charge in [-0.25, -0.2) is 0 Å². The Morgan fingerprint density at radius 1 is 1.03 bits per heavy atom. The topological polar surface area (TPSA) is 41.4 Å². The van der Waals surface area contributed by atoms with Crippen LogP contribution in [-0.4, -0.2) is 43.0 Å². The summed E-state index contributed by atoms with van der Waals surface area (Å²) in [6, 6.07) is 18.3. The number of hydrogen-bond acceptors (Lipinski definition) is 1. The molecular weight excluding hydrogens is 510 g/mol. The first-order chi connectivity index (χ1) is 17.6. The fourth-order valence-corrected chi connectivity index (χ4v) is 8.63. The molecule has 5 heteroatoms. The number of carbonyl (C=O) groups excluding carboxylic acids is 1. The minimum Gasteiger partial charge on any atom is -0.345 e. The van der Waals surface area contributed by atoms with Gasteiger partial charge < -0.3 is 15.1 Å². The lowest BCUT2D eigenvalue weighted by Gasteiger charge is -2.46. The van der Waals surface area contributed by atoms with Gasteiger partial charge in [-0.1, -0.05) is 71.6 Å². The maximum Gasteiger partial charge on any atom is 0.233 e. The van der Waals surface area contributed by atoms with E-state index in [1.165, 1.54) is 68.1 Å². The number of rotatable bonds is 4. The fourth-order valence-electron chi connectivity index (χ4n) is 8.22. The zero-order chi connectivity index (χ0) is 24.5. The summed E-state index contributed by atoms with van der Waals surface area (Å²) in [5.41, 5.74) is 4.18. The number of halogens is 1. The van der Waals surface area contributed by atoms with Gasteiger partial charge in [-0.05, 0) is 55.7 Å². The van der Waals surface area contributed by atoms with Crippen molar-refractivity contribution in [2.24, 2.45) is 11.8 Å². The highest BCUT2D eigenvalue weighted by Gasteiger charge is 2.58. The van der Waals surface area contributed by atoms with Crippen LogP contribution in [0.15, 0.2) is 53.0 Å². The Morgan fingerprint density at radius 2 is 1.83 bits per heavy atom. The quantitative estimate of drug-likeness (QED) is 0.600. The van der Waals surface area contributed by atoms with E-state index in [-0.39, 0.29) is 11.3 Å². The molecule has 3 N–H and O–H groups in total. The van der Waals surface area contributed by atoms with Crippen molar-refractivity contribution in [1.82, 2.24) is 4.90 Å². The molecule has 0 bridgehead atoms. The summed E-state index contributed by atoms with van der Waals surface area (Å²) in [6.45, 7) is 6.02. The maximum atomic E-state index is 14.6. The van der Waals surface area contributed by atoms with E-state index >= 15 is 0 Å². The lowest BCUT2D eigenvalue weighted by atomic mass is 9.67. The Balaban J connectivity index is 1.32. The van der Waals surface area contributed by atoms with Gasteiger partial charge in [-0.15, -0.1) is 0 Å². The Kier molecular flexibility index (Phi) is 7.25. The Labute approximate surface area is 224 Å². The van der Waals surface area contributed by atoms with Crippen LogP contribution < -0.4 is 10.2 Å². The monoisotopic (exact) mass is 551 g/mol. The van der Waals surface area contributed by atoms with E-state index in [0.29, 0.717) is 11.9 Å². The van der Waals surface area contributed by atoms with Gasteiger partial charge in [0.1, 0.15) is 24.4 Å². The van der Waals surface area contributed by atoms with Crippen molar-refractivity contribution >= 4 is 21.8 Å². The van der Waals surface area contributed by atoms with Crippen LogP contribution in [0, 0.1) is 11.8 Å². The molecule has 3 fully saturated rings. The van der Waals surface area contributed by atoms with Crippen LogP contribution in [0.5, 0.6) is 0 Å². The second kappa shape index (κ2) is 10.6. The second-order valence-electron chi connectivity index (χ2n) is 12.0. The molecule has 192 valence electrons. The molecule has 2 saturated heterocycles. The van der Waals surface area contributed by atoms with Gasteiger partial charge in [-0.2, -0.15) is 0 Å². The van der Waals surface area contributed by atoms with E-state index in [1.54, 1.807) is 4.90 Å². The second-order valence-corrected chi connectivity index (χ2v) is 12.9. The van der Waals surface area contributed by atoms with Crippen LogP contribution in [-0.2, 0) is 23.3 Å². The molecule has 3 heterocycles. The van der Waals surface area contributed by atoms with E-state index in [4.69, 9.17) is 0 Å². The summed E-state index contributed by atoms with van der Waals surface area (Å²) in [5.74, 6) is 1.26. The molecule has 6 rings (SSSR count). The van der Waals surface area contributed by atoms with Crippen LogP contribution in [0.3, 0.4) is 0 Å². The van der Waals surface area contributed by atoms with Crippen LogP contribution in [0.4, 0.5) is 0 Å². The minimum atomic E-state index is -0.0793. The lowest BCUT2D eigenvalue weighted by Crippen LogP contribution is -3.12. The summed E-state index contributed by atoms with van der Waals surface area (Å²) in [5, 5.41) is 2.44. The number of likely N-dealkylation sites (tertiary alicyclic amines) is 1. The molecule has 1 amide bonds. The van der Waals surface area contributed by atoms with Crippen molar-refractivity contribution in [3.63, 3.8) is 0 Å². The molecule has 1 spiro atoms. The third-order valence-electron chi connectivity index (χ3n) is 9.81. The number of benzene rings is 2. The molecule has 36 heavy (non-hydrogen) atoms. The molecule has 2 aromatic rings. The number of hydrogen-bond donors (Lipinski definition) is 2. The highest BCUT2D eigenvalue weighted by molar-refractivity contribution is 9.10. The Morgan fingerprint density at radius 3 is 2.67 bits per heavy atom. The Bertz CT molecular complexity index is 1070. The van der Waals surface area contributed by atoms with E-state index in [1.807, 2.05) is 0 Å². The fraction of sp³-hybridized carbons (Fsp3) is 0.581. The first kappa shape index (κ1) is 24.6. The summed E-state index contributed by atoms with van der Waals surface area (Å²) in [6.07, 6.45) is 10.4. The van der Waals surface area contributed by atoms with Crippen LogP contribution in [0.25, 0.3) is 0 Å². The van der Waals surface area contributed by atoms with Crippen molar-refractivity contribution in [3.05, 3.63) is 69.7 Å². The van der Waals surface area contributed by atoms with Gasteiger partial charge in [0.15, 0.2) is 0 Å². The minimum absolute atomic E-state index is 0.0766. The largest absolute Gasteiger partial charge is 0.345 e. The van der Waals surface area contributed by atoms with Gasteiger partial charge >= 0.3 is 0 Å². The smallest absolute Gasteiger partial charge is 0.233 e. The number of amides is 1. The van der Waals surface area contributed by atoms with E-state index in [0.717, 1.165) is 49.7 Å². The first-order valence-electron chi connectivity index (χ1n) is 14.4. The standard InChI is InChI=1S/C31H40BrN3O/c32-26-14-15-27-25(17-26)20-34(19-23-9-3-1-4-10-23)22-31(27)21-33-18-28(31)30(36)35-16-8-7-13-29(35)24-11-5-2-6-12-24/h1,3-4,9-10,14-15,17,24,28-29,33H,2,5-8,11-13,16,18-22H2/p+2/t28-,29-,31+/m0/s1. The third-order valence-corrected chi connectivity index (χ3v) is 10.3. The van der Waals surface area contributed by atoms with Crippen molar-refractivity contribution in [1.29, 1.82) is 0 Å². The lowest BCUT2D eigenvalue weighted by molar-refractivity contribution is -0.935. The SMILES string of the molecule is O=C([C@@H]1C[NH2+]C[C@]12C[NH+](Cc1ccccc1)Cc1cc(Br)ccc12)N1CCCC[C@H]1C1CCCCC1. The van der Waals surface area contributed by atoms with Gasteiger partial charge in [0.05, 0.1) is 19.6 Å². The van der Waals surface area contributed by atoms with Crippen molar-refractivity contribution in [2.75, 3.05) is 26.2 Å². The average Bonchev–Trinajstić information content (AvgIpc) is 3.32. The number of fused-ring (bicyclic) bond motifs is 2. The van der Waals surface area contributed by atoms with E-state index in [2.05, 4.69) is 74.7 Å². The summed E-state index contributed by atoms with van der Waals surface area (Å²) in [4.78, 5) is 18.5. The number of quaternary nitrogens is 2. The van der Waals surface area contributed by atoms with E-state index < -0.39 is 0 Å². The number of piperidine rings is 1. The zero-order valence-corrected chi connectivity index (χ0v) is 23.1. The van der Waals surface area contributed by atoms with Crippen molar-refractivity contribution < 1.29 is 15.0 Å². The molecule has 4 nitrogen and oxygen atoms in total. The Hall–Kier alpha value is -1.69. The molecule has 2 aromatic carbocycles. The molecule has 3 aliphatic heterocycles. The first-order valence-corrected chi connectivity index (χ1v) is 15.2. The number of nitrogens with zero attached hydrogens (tertiary/aromatic N) is 1. The molecule has 4 aliphatic rings. The van der Waals surface area contributed by atoms with Crippen LogP contribution in [0.2, 0.25) is 0 Å². The number of nitrogens with one attached hydrogen (secondary N) is 1. The summed E-state index contributed by atoms with van der Waals surface area (Å²) >= 11 is 3.74. The van der Waals surface area contributed by atoms with Crippen molar-refractivity contribution in [2.45, 2.75) is 75.9 Å². The zero-order valence-electron chi connectivity index (χ0n) is 21.6. The molecule has 1 saturated carbocycles. The molecule has 0 radical (unpaired) electrons. The third kappa shape index (κ3) is 4.68. The highest BCUT2D eigenvalue weighted by atomic mass is 79.9. The molecule has 1 unspecified atom stereocenters. The number of carbonyl (C=O) groups is 1. The number of nitrogens with two attached hydrogens (primary N) is 1. The highest BCUT2D eigenvalue weighted by Crippen LogP contribution is 2.41. The summed E-state index contributed by atoms with van der Waals surface area (Å²) < 4.78 is 1.15. The predicted octanol–water partition coefficient (Wildman–Crippen LogP) is 3.44. The van der Waals surface area contributed by atoms with Gasteiger partial charge in [0.2, 0.25) is 5.91 Å². The van der Waals surface area contributed by atoms with E-state index in [9.17, 15) is 4.79 Å². The van der Waals surface area contributed by atoms with Gasteiger partial charge in [-0.3, -0.25) is 4.79 Å². The molecule has 1 aliphatic carbocycles. The normalized spacial score (nSPS) is 30.9.